The summed E-state index contributed by atoms with van der Waals surface area (Å²) in [6.07, 6.45) is 7.82. The first-order valence-electron chi connectivity index (χ1n) is 5.74. The molecular weight excluding hydrogens is 158 g/mol. The van der Waals surface area contributed by atoms with Crippen molar-refractivity contribution in [2.24, 2.45) is 0 Å². The smallest absolute Gasteiger partial charge is 0.0287 e. The second kappa shape index (κ2) is 5.31. The highest BCUT2D eigenvalue weighted by atomic mass is 15.2. The summed E-state index contributed by atoms with van der Waals surface area (Å²) in [6, 6.07) is 0.809. The molecule has 76 valence electrons. The first-order chi connectivity index (χ1) is 6.29. The van der Waals surface area contributed by atoms with Crippen molar-refractivity contribution in [1.82, 2.24) is 4.90 Å². The number of nitrogens with zero attached hydrogens (tertiary/aromatic N) is 1. The number of hydrogen-bond donors (Lipinski definition) is 0. The molecule has 13 heavy (non-hydrogen) atoms. The Bertz CT molecular complexity index is 163. The number of allylic oxidation sites excluding steroid dienone is 1. The first kappa shape index (κ1) is 10.6. The SMILES string of the molecule is C=C(CCC)N1CCCC1CCC. The lowest BCUT2D eigenvalue weighted by Crippen LogP contribution is -2.28. The third-order valence-electron chi connectivity index (χ3n) is 2.94. The van der Waals surface area contributed by atoms with Crippen molar-refractivity contribution in [3.63, 3.8) is 0 Å². The van der Waals surface area contributed by atoms with Gasteiger partial charge in [0.2, 0.25) is 0 Å². The van der Waals surface area contributed by atoms with E-state index in [0.717, 1.165) is 6.04 Å². The van der Waals surface area contributed by atoms with Gasteiger partial charge in [0.15, 0.2) is 0 Å². The summed E-state index contributed by atoms with van der Waals surface area (Å²) in [6.45, 7) is 9.95. The second-order valence-electron chi connectivity index (χ2n) is 4.09. The summed E-state index contributed by atoms with van der Waals surface area (Å²) in [5.74, 6) is 0. The van der Waals surface area contributed by atoms with Gasteiger partial charge in [-0.25, -0.2) is 0 Å². The van der Waals surface area contributed by atoms with Gasteiger partial charge in [0.1, 0.15) is 0 Å². The Morgan fingerprint density at radius 1 is 1.38 bits per heavy atom. The number of likely N-dealkylation sites (tertiary alicyclic amines) is 1. The predicted octanol–water partition coefficient (Wildman–Crippen LogP) is 3.56. The Morgan fingerprint density at radius 2 is 2.15 bits per heavy atom. The highest BCUT2D eigenvalue weighted by Gasteiger charge is 2.23. The molecule has 1 nitrogen and oxygen atoms in total. The van der Waals surface area contributed by atoms with Gasteiger partial charge in [0, 0.05) is 18.3 Å². The average Bonchev–Trinajstić information content (AvgIpc) is 2.54. The molecule has 1 rings (SSSR count). The molecule has 0 aromatic rings. The van der Waals surface area contributed by atoms with Crippen LogP contribution in [0.5, 0.6) is 0 Å². The highest BCUT2D eigenvalue weighted by Crippen LogP contribution is 2.26. The lowest BCUT2D eigenvalue weighted by Gasteiger charge is -2.28. The number of rotatable bonds is 5. The quantitative estimate of drug-likeness (QED) is 0.627. The molecule has 1 heterocycles. The predicted molar refractivity (Wildman–Crippen MR) is 58.7 cm³/mol. The van der Waals surface area contributed by atoms with E-state index in [0.29, 0.717) is 0 Å². The Kier molecular flexibility index (Phi) is 4.34. The molecule has 1 aliphatic rings. The van der Waals surface area contributed by atoms with Crippen LogP contribution in [-0.4, -0.2) is 17.5 Å². The number of hydrogen-bond acceptors (Lipinski definition) is 1. The van der Waals surface area contributed by atoms with Crippen LogP contribution in [0.1, 0.15) is 52.4 Å². The Hall–Kier alpha value is -0.460. The zero-order valence-corrected chi connectivity index (χ0v) is 9.18. The molecule has 0 radical (unpaired) electrons. The van der Waals surface area contributed by atoms with Gasteiger partial charge in [-0.15, -0.1) is 0 Å². The van der Waals surface area contributed by atoms with E-state index in [9.17, 15) is 0 Å². The molecule has 0 bridgehead atoms. The third-order valence-corrected chi connectivity index (χ3v) is 2.94. The van der Waals surface area contributed by atoms with E-state index in [1.807, 2.05) is 0 Å². The van der Waals surface area contributed by atoms with Crippen LogP contribution in [0.3, 0.4) is 0 Å². The van der Waals surface area contributed by atoms with Crippen LogP contribution >= 0.6 is 0 Å². The minimum absolute atomic E-state index is 0.809. The minimum atomic E-state index is 0.809. The molecule has 1 saturated heterocycles. The molecule has 1 fully saturated rings. The maximum Gasteiger partial charge on any atom is 0.0287 e. The molecule has 0 aliphatic carbocycles. The second-order valence-corrected chi connectivity index (χ2v) is 4.09. The summed E-state index contributed by atoms with van der Waals surface area (Å²) in [4.78, 5) is 2.55. The molecule has 0 aromatic heterocycles. The molecule has 1 atom stereocenters. The topological polar surface area (TPSA) is 3.24 Å². The van der Waals surface area contributed by atoms with E-state index in [4.69, 9.17) is 0 Å². The van der Waals surface area contributed by atoms with Crippen LogP contribution in [0.2, 0.25) is 0 Å². The van der Waals surface area contributed by atoms with Crippen molar-refractivity contribution >= 4 is 0 Å². The summed E-state index contributed by atoms with van der Waals surface area (Å²) in [5.41, 5.74) is 1.37. The van der Waals surface area contributed by atoms with Crippen LogP contribution in [0.4, 0.5) is 0 Å². The van der Waals surface area contributed by atoms with Gasteiger partial charge in [-0.1, -0.05) is 33.3 Å². The van der Waals surface area contributed by atoms with Crippen LogP contribution in [0.25, 0.3) is 0 Å². The van der Waals surface area contributed by atoms with Crippen LogP contribution in [0, 0.1) is 0 Å². The monoisotopic (exact) mass is 181 g/mol. The van der Waals surface area contributed by atoms with Crippen molar-refractivity contribution in [2.45, 2.75) is 58.4 Å². The summed E-state index contributed by atoms with van der Waals surface area (Å²) in [7, 11) is 0. The standard InChI is InChI=1S/C12H23N/c1-4-7-11(3)13-10-6-9-12(13)8-5-2/h12H,3-10H2,1-2H3. The van der Waals surface area contributed by atoms with Gasteiger partial charge >= 0.3 is 0 Å². The van der Waals surface area contributed by atoms with Crippen molar-refractivity contribution in [3.8, 4) is 0 Å². The molecule has 1 aliphatic heterocycles. The van der Waals surface area contributed by atoms with Crippen LogP contribution in [-0.2, 0) is 0 Å². The molecule has 1 heteroatoms. The Morgan fingerprint density at radius 3 is 2.77 bits per heavy atom. The largest absolute Gasteiger partial charge is 0.372 e. The lowest BCUT2D eigenvalue weighted by molar-refractivity contribution is 0.294. The molecule has 0 saturated carbocycles. The van der Waals surface area contributed by atoms with E-state index in [1.165, 1.54) is 50.8 Å². The minimum Gasteiger partial charge on any atom is -0.372 e. The summed E-state index contributed by atoms with van der Waals surface area (Å²) >= 11 is 0. The molecular formula is C12H23N. The fourth-order valence-electron chi connectivity index (χ4n) is 2.32. The van der Waals surface area contributed by atoms with Crippen molar-refractivity contribution < 1.29 is 0 Å². The van der Waals surface area contributed by atoms with E-state index in [2.05, 4.69) is 25.3 Å². The lowest BCUT2D eigenvalue weighted by atomic mass is 10.1. The van der Waals surface area contributed by atoms with Crippen LogP contribution in [0.15, 0.2) is 12.3 Å². The zero-order chi connectivity index (χ0) is 9.68. The van der Waals surface area contributed by atoms with Crippen LogP contribution < -0.4 is 0 Å². The van der Waals surface area contributed by atoms with E-state index in [-0.39, 0.29) is 0 Å². The van der Waals surface area contributed by atoms with Crippen molar-refractivity contribution in [3.05, 3.63) is 12.3 Å². The molecule has 0 aromatic carbocycles. The van der Waals surface area contributed by atoms with Crippen molar-refractivity contribution in [1.29, 1.82) is 0 Å². The third kappa shape index (κ3) is 2.75. The Balaban J connectivity index is 2.42. The van der Waals surface area contributed by atoms with Crippen molar-refractivity contribution in [2.75, 3.05) is 6.54 Å². The fraction of sp³-hybridized carbons (Fsp3) is 0.833. The average molecular weight is 181 g/mol. The van der Waals surface area contributed by atoms with Gasteiger partial charge in [0.25, 0.3) is 0 Å². The normalized spacial score (nSPS) is 22.3. The Labute approximate surface area is 82.8 Å². The zero-order valence-electron chi connectivity index (χ0n) is 9.18. The van der Waals surface area contributed by atoms with Gasteiger partial charge < -0.3 is 4.90 Å². The first-order valence-corrected chi connectivity index (χ1v) is 5.74. The van der Waals surface area contributed by atoms with E-state index >= 15 is 0 Å². The van der Waals surface area contributed by atoms with E-state index < -0.39 is 0 Å². The van der Waals surface area contributed by atoms with Gasteiger partial charge in [0.05, 0.1) is 0 Å². The highest BCUT2D eigenvalue weighted by molar-refractivity contribution is 4.99. The maximum absolute atomic E-state index is 4.18. The summed E-state index contributed by atoms with van der Waals surface area (Å²) < 4.78 is 0. The molecule has 0 spiro atoms. The van der Waals surface area contributed by atoms with E-state index in [1.54, 1.807) is 0 Å². The van der Waals surface area contributed by atoms with Gasteiger partial charge in [-0.3, -0.25) is 0 Å². The van der Waals surface area contributed by atoms with Gasteiger partial charge in [-0.05, 0) is 25.7 Å². The van der Waals surface area contributed by atoms with Gasteiger partial charge in [-0.2, -0.15) is 0 Å². The summed E-state index contributed by atoms with van der Waals surface area (Å²) in [5, 5.41) is 0. The molecule has 1 unspecified atom stereocenters. The fourth-order valence-corrected chi connectivity index (χ4v) is 2.32. The molecule has 0 amide bonds. The maximum atomic E-state index is 4.18. The molecule has 0 N–H and O–H groups in total.